The number of para-hydroxylation sites is 1. The maximum Gasteiger partial charge on any atom is 0.266 e. The van der Waals surface area contributed by atoms with Crippen LogP contribution in [0.1, 0.15) is 11.1 Å². The lowest BCUT2D eigenvalue weighted by Crippen LogP contribution is -2.23. The van der Waals surface area contributed by atoms with Gasteiger partial charge in [-0.25, -0.2) is 4.98 Å². The molecule has 0 aliphatic heterocycles. The van der Waals surface area contributed by atoms with E-state index in [0.29, 0.717) is 37.5 Å². The number of nitrogens with zero attached hydrogens (tertiary/aromatic N) is 2. The standard InChI is InChI=1S/C24H19Cl2N3O2S/c1-14-8-10-17(12-19(14)26)29-23(31)18-5-3-4-6-20(18)28-24(29)32-13-22(30)27-21-11-16(25)9-7-15(21)2/h3-12H,13H2,1-2H3,(H,27,30). The van der Waals surface area contributed by atoms with Crippen molar-refractivity contribution in [1.82, 2.24) is 9.55 Å². The Morgan fingerprint density at radius 2 is 1.78 bits per heavy atom. The quantitative estimate of drug-likeness (QED) is 0.277. The van der Waals surface area contributed by atoms with Crippen molar-refractivity contribution in [3.05, 3.63) is 92.2 Å². The number of thioether (sulfide) groups is 1. The highest BCUT2D eigenvalue weighted by molar-refractivity contribution is 7.99. The Morgan fingerprint density at radius 1 is 1.03 bits per heavy atom. The van der Waals surface area contributed by atoms with Crippen LogP contribution in [0.5, 0.6) is 0 Å². The van der Waals surface area contributed by atoms with Gasteiger partial charge in [-0.1, -0.05) is 59.2 Å². The van der Waals surface area contributed by atoms with Crippen LogP contribution in [0.4, 0.5) is 5.69 Å². The summed E-state index contributed by atoms with van der Waals surface area (Å²) in [6, 6.07) is 17.9. The second-order valence-electron chi connectivity index (χ2n) is 7.28. The van der Waals surface area contributed by atoms with Gasteiger partial charge in [0, 0.05) is 15.7 Å². The fourth-order valence-corrected chi connectivity index (χ4v) is 4.36. The third-order valence-electron chi connectivity index (χ3n) is 4.96. The Balaban J connectivity index is 1.69. The summed E-state index contributed by atoms with van der Waals surface area (Å²) in [6.45, 7) is 3.79. The number of rotatable bonds is 5. The van der Waals surface area contributed by atoms with E-state index in [4.69, 9.17) is 23.2 Å². The fraction of sp³-hybridized carbons (Fsp3) is 0.125. The zero-order valence-electron chi connectivity index (χ0n) is 17.4. The van der Waals surface area contributed by atoms with E-state index in [1.165, 1.54) is 16.3 Å². The van der Waals surface area contributed by atoms with Crippen molar-refractivity contribution >= 4 is 57.5 Å². The highest BCUT2D eigenvalue weighted by atomic mass is 35.5. The van der Waals surface area contributed by atoms with Gasteiger partial charge in [0.15, 0.2) is 5.16 Å². The van der Waals surface area contributed by atoms with Gasteiger partial charge in [0.2, 0.25) is 5.91 Å². The van der Waals surface area contributed by atoms with Crippen LogP contribution in [0, 0.1) is 13.8 Å². The SMILES string of the molecule is Cc1ccc(-n2c(SCC(=O)Nc3cc(Cl)ccc3C)nc3ccccc3c2=O)cc1Cl. The van der Waals surface area contributed by atoms with Gasteiger partial charge in [0.25, 0.3) is 5.56 Å². The smallest absolute Gasteiger partial charge is 0.266 e. The Kier molecular flexibility index (Phi) is 6.55. The number of amides is 1. The van der Waals surface area contributed by atoms with Crippen LogP contribution >= 0.6 is 35.0 Å². The summed E-state index contributed by atoms with van der Waals surface area (Å²) in [4.78, 5) is 30.6. The monoisotopic (exact) mass is 483 g/mol. The predicted octanol–water partition coefficient (Wildman–Crippen LogP) is 6.04. The molecule has 5 nitrogen and oxygen atoms in total. The molecule has 0 fully saturated rings. The van der Waals surface area contributed by atoms with Crippen molar-refractivity contribution in [2.24, 2.45) is 0 Å². The summed E-state index contributed by atoms with van der Waals surface area (Å²) in [5, 5.41) is 4.86. The van der Waals surface area contributed by atoms with Gasteiger partial charge in [0.05, 0.1) is 22.3 Å². The predicted molar refractivity (Wildman–Crippen MR) is 133 cm³/mol. The molecule has 0 saturated carbocycles. The Morgan fingerprint density at radius 3 is 2.56 bits per heavy atom. The first-order valence-corrected chi connectivity index (χ1v) is 11.5. The molecule has 32 heavy (non-hydrogen) atoms. The van der Waals surface area contributed by atoms with Gasteiger partial charge < -0.3 is 5.32 Å². The van der Waals surface area contributed by atoms with Crippen LogP contribution in [-0.4, -0.2) is 21.2 Å². The number of carbonyl (C=O) groups excluding carboxylic acids is 1. The summed E-state index contributed by atoms with van der Waals surface area (Å²) in [5.74, 6) is -0.160. The summed E-state index contributed by atoms with van der Waals surface area (Å²) in [7, 11) is 0. The summed E-state index contributed by atoms with van der Waals surface area (Å²) in [5.41, 5.74) is 3.41. The van der Waals surface area contributed by atoms with Gasteiger partial charge in [-0.3, -0.25) is 14.2 Å². The molecule has 0 saturated heterocycles. The Hall–Kier alpha value is -2.80. The summed E-state index contributed by atoms with van der Waals surface area (Å²) >= 11 is 13.5. The molecule has 162 valence electrons. The average molecular weight is 484 g/mol. The highest BCUT2D eigenvalue weighted by Gasteiger charge is 2.16. The van der Waals surface area contributed by atoms with Crippen molar-refractivity contribution in [3.8, 4) is 5.69 Å². The van der Waals surface area contributed by atoms with E-state index in [0.717, 1.165) is 11.1 Å². The number of hydrogen-bond acceptors (Lipinski definition) is 4. The van der Waals surface area contributed by atoms with Crippen LogP contribution < -0.4 is 10.9 Å². The molecule has 0 aliphatic rings. The number of aromatic nitrogens is 2. The number of halogens is 2. The number of fused-ring (bicyclic) bond motifs is 1. The van der Waals surface area contributed by atoms with E-state index in [9.17, 15) is 9.59 Å². The van der Waals surface area contributed by atoms with Gasteiger partial charge in [0.1, 0.15) is 0 Å². The molecule has 0 radical (unpaired) electrons. The van der Waals surface area contributed by atoms with Gasteiger partial charge in [-0.05, 0) is 61.4 Å². The molecule has 0 unspecified atom stereocenters. The minimum atomic E-state index is -0.226. The van der Waals surface area contributed by atoms with Crippen LogP contribution in [0.15, 0.2) is 70.6 Å². The summed E-state index contributed by atoms with van der Waals surface area (Å²) < 4.78 is 1.50. The number of carbonyl (C=O) groups is 1. The minimum Gasteiger partial charge on any atom is -0.325 e. The first kappa shape index (κ1) is 22.4. The molecule has 4 aromatic rings. The van der Waals surface area contributed by atoms with Gasteiger partial charge in [-0.2, -0.15) is 0 Å². The van der Waals surface area contributed by atoms with Gasteiger partial charge in [-0.15, -0.1) is 0 Å². The lowest BCUT2D eigenvalue weighted by atomic mass is 10.2. The molecule has 3 aromatic carbocycles. The minimum absolute atomic E-state index is 0.0658. The first-order chi connectivity index (χ1) is 15.3. The lowest BCUT2D eigenvalue weighted by molar-refractivity contribution is -0.113. The molecule has 0 aliphatic carbocycles. The normalized spacial score (nSPS) is 11.0. The number of aryl methyl sites for hydroxylation is 2. The van der Waals surface area contributed by atoms with Gasteiger partial charge >= 0.3 is 0 Å². The number of anilines is 1. The molecule has 4 rings (SSSR count). The van der Waals surface area contributed by atoms with Crippen LogP contribution in [0.25, 0.3) is 16.6 Å². The molecule has 1 aromatic heterocycles. The van der Waals surface area contributed by atoms with E-state index in [1.54, 1.807) is 36.4 Å². The second-order valence-corrected chi connectivity index (χ2v) is 9.07. The van der Waals surface area contributed by atoms with E-state index >= 15 is 0 Å². The first-order valence-electron chi connectivity index (χ1n) is 9.80. The summed E-state index contributed by atoms with van der Waals surface area (Å²) in [6.07, 6.45) is 0. The van der Waals surface area contributed by atoms with E-state index < -0.39 is 0 Å². The topological polar surface area (TPSA) is 64.0 Å². The van der Waals surface area contributed by atoms with Crippen molar-refractivity contribution in [2.75, 3.05) is 11.1 Å². The number of benzene rings is 3. The zero-order valence-corrected chi connectivity index (χ0v) is 19.7. The molecule has 0 atom stereocenters. The second kappa shape index (κ2) is 9.36. The van der Waals surface area contributed by atoms with Crippen LogP contribution in [-0.2, 0) is 4.79 Å². The maximum absolute atomic E-state index is 13.3. The Labute approximate surface area is 199 Å². The number of hydrogen-bond donors (Lipinski definition) is 1. The molecule has 1 heterocycles. The third kappa shape index (κ3) is 4.67. The van der Waals surface area contributed by atoms with Crippen LogP contribution in [0.2, 0.25) is 10.0 Å². The highest BCUT2D eigenvalue weighted by Crippen LogP contribution is 2.25. The zero-order chi connectivity index (χ0) is 22.8. The molecule has 1 amide bonds. The van der Waals surface area contributed by atoms with E-state index in [-0.39, 0.29) is 17.2 Å². The fourth-order valence-electron chi connectivity index (χ4n) is 3.20. The van der Waals surface area contributed by atoms with Crippen molar-refractivity contribution in [2.45, 2.75) is 19.0 Å². The van der Waals surface area contributed by atoms with Crippen molar-refractivity contribution in [1.29, 1.82) is 0 Å². The van der Waals surface area contributed by atoms with Crippen molar-refractivity contribution in [3.63, 3.8) is 0 Å². The molecule has 0 spiro atoms. The lowest BCUT2D eigenvalue weighted by Gasteiger charge is -2.14. The maximum atomic E-state index is 13.3. The largest absolute Gasteiger partial charge is 0.325 e. The molecule has 8 heteroatoms. The third-order valence-corrected chi connectivity index (χ3v) is 6.55. The molecular formula is C24H19Cl2N3O2S. The van der Waals surface area contributed by atoms with Crippen molar-refractivity contribution < 1.29 is 4.79 Å². The molecule has 1 N–H and O–H groups in total. The molecular weight excluding hydrogens is 465 g/mol. The molecule has 0 bridgehead atoms. The average Bonchev–Trinajstić information content (AvgIpc) is 2.77. The van der Waals surface area contributed by atoms with E-state index in [2.05, 4.69) is 10.3 Å². The number of nitrogens with one attached hydrogen (secondary N) is 1. The Bertz CT molecular complexity index is 1400. The van der Waals surface area contributed by atoms with E-state index in [1.807, 2.05) is 38.1 Å². The van der Waals surface area contributed by atoms with Crippen LogP contribution in [0.3, 0.4) is 0 Å².